The first kappa shape index (κ1) is 23.1. The molecule has 0 fully saturated rings. The molecule has 6 heteroatoms. The summed E-state index contributed by atoms with van der Waals surface area (Å²) in [6.07, 6.45) is 1.76. The van der Waals surface area contributed by atoms with Crippen molar-refractivity contribution in [3.8, 4) is 0 Å². The van der Waals surface area contributed by atoms with Crippen molar-refractivity contribution in [3.05, 3.63) is 107 Å². The number of amides is 2. The largest absolute Gasteiger partial charge is 0.352 e. The zero-order valence-corrected chi connectivity index (χ0v) is 17.7. The molecule has 3 aromatic carbocycles. The molecular formula is C26H26F2N2O2. The Bertz CT molecular complexity index is 954. The summed E-state index contributed by atoms with van der Waals surface area (Å²) in [6.45, 7) is 0.795. The Balaban J connectivity index is 1.38. The summed E-state index contributed by atoms with van der Waals surface area (Å²) in [5.41, 5.74) is 3.72. The lowest BCUT2D eigenvalue weighted by atomic mass is 10.1. The molecule has 0 saturated heterocycles. The van der Waals surface area contributed by atoms with Crippen LogP contribution in [0.2, 0.25) is 0 Å². The van der Waals surface area contributed by atoms with Crippen molar-refractivity contribution in [1.82, 2.24) is 10.6 Å². The standard InChI is InChI=1S/C26H26F2N2O2/c27-23-10-4-19(5-11-23)8-14-25(31)29-17-21-2-1-3-22(16-21)18-30-26(32)15-9-20-6-12-24(28)13-7-20/h1-7,10-13,16H,8-9,14-15,17-18H2,(H,29,31)(H,30,32). The van der Waals surface area contributed by atoms with E-state index in [4.69, 9.17) is 0 Å². The Morgan fingerprint density at radius 3 is 1.41 bits per heavy atom. The first-order chi connectivity index (χ1) is 15.5. The van der Waals surface area contributed by atoms with Gasteiger partial charge in [0, 0.05) is 25.9 Å². The lowest BCUT2D eigenvalue weighted by molar-refractivity contribution is -0.122. The minimum Gasteiger partial charge on any atom is -0.352 e. The van der Waals surface area contributed by atoms with Gasteiger partial charge in [-0.1, -0.05) is 48.5 Å². The second-order valence-electron chi connectivity index (χ2n) is 7.63. The Morgan fingerprint density at radius 1 is 0.594 bits per heavy atom. The van der Waals surface area contributed by atoms with Gasteiger partial charge in [-0.25, -0.2) is 8.78 Å². The van der Waals surface area contributed by atoms with E-state index in [1.54, 1.807) is 24.3 Å². The van der Waals surface area contributed by atoms with Crippen molar-refractivity contribution >= 4 is 11.8 Å². The number of carbonyl (C=O) groups is 2. The topological polar surface area (TPSA) is 58.2 Å². The smallest absolute Gasteiger partial charge is 0.220 e. The number of benzene rings is 3. The molecule has 3 aromatic rings. The predicted molar refractivity (Wildman–Crippen MR) is 120 cm³/mol. The molecule has 0 aliphatic carbocycles. The quantitative estimate of drug-likeness (QED) is 0.493. The van der Waals surface area contributed by atoms with Crippen LogP contribution in [-0.4, -0.2) is 11.8 Å². The van der Waals surface area contributed by atoms with E-state index in [0.29, 0.717) is 38.8 Å². The Morgan fingerprint density at radius 2 is 1.00 bits per heavy atom. The number of hydrogen-bond donors (Lipinski definition) is 2. The molecule has 0 aliphatic heterocycles. The summed E-state index contributed by atoms with van der Waals surface area (Å²) in [4.78, 5) is 24.2. The van der Waals surface area contributed by atoms with Crippen molar-refractivity contribution < 1.29 is 18.4 Å². The molecule has 0 saturated carbocycles. The molecule has 0 aromatic heterocycles. The normalized spacial score (nSPS) is 10.6. The van der Waals surface area contributed by atoms with Gasteiger partial charge in [-0.2, -0.15) is 0 Å². The Hall–Kier alpha value is -3.54. The highest BCUT2D eigenvalue weighted by Crippen LogP contribution is 2.08. The minimum atomic E-state index is -0.290. The third kappa shape index (κ3) is 7.95. The van der Waals surface area contributed by atoms with Crippen LogP contribution in [0.25, 0.3) is 0 Å². The van der Waals surface area contributed by atoms with E-state index in [1.807, 2.05) is 24.3 Å². The maximum atomic E-state index is 12.9. The van der Waals surface area contributed by atoms with Crippen molar-refractivity contribution in [2.75, 3.05) is 0 Å². The molecule has 0 aliphatic rings. The summed E-state index contributed by atoms with van der Waals surface area (Å²) >= 11 is 0. The lowest BCUT2D eigenvalue weighted by Gasteiger charge is -2.09. The monoisotopic (exact) mass is 436 g/mol. The molecule has 166 valence electrons. The fourth-order valence-electron chi connectivity index (χ4n) is 3.25. The second kappa shape index (κ2) is 11.7. The summed E-state index contributed by atoms with van der Waals surface area (Å²) in [7, 11) is 0. The van der Waals surface area contributed by atoms with Gasteiger partial charge in [-0.05, 0) is 59.4 Å². The Labute approximate surface area is 186 Å². The van der Waals surface area contributed by atoms with Gasteiger partial charge in [0.15, 0.2) is 0 Å². The van der Waals surface area contributed by atoms with Gasteiger partial charge in [0.1, 0.15) is 11.6 Å². The van der Waals surface area contributed by atoms with Gasteiger partial charge in [-0.15, -0.1) is 0 Å². The highest BCUT2D eigenvalue weighted by molar-refractivity contribution is 5.76. The molecular weight excluding hydrogens is 410 g/mol. The van der Waals surface area contributed by atoms with Gasteiger partial charge in [0.25, 0.3) is 0 Å². The summed E-state index contributed by atoms with van der Waals surface area (Å²) in [5.74, 6) is -0.730. The summed E-state index contributed by atoms with van der Waals surface area (Å²) < 4.78 is 25.9. The van der Waals surface area contributed by atoms with Gasteiger partial charge in [-0.3, -0.25) is 9.59 Å². The molecule has 0 radical (unpaired) electrons. The maximum absolute atomic E-state index is 12.9. The van der Waals surface area contributed by atoms with E-state index in [1.165, 1.54) is 24.3 Å². The van der Waals surface area contributed by atoms with E-state index in [2.05, 4.69) is 10.6 Å². The fraction of sp³-hybridized carbons (Fsp3) is 0.231. The van der Waals surface area contributed by atoms with Crippen LogP contribution < -0.4 is 10.6 Å². The third-order valence-electron chi connectivity index (χ3n) is 5.08. The van der Waals surface area contributed by atoms with Crippen LogP contribution in [0.1, 0.15) is 35.1 Å². The van der Waals surface area contributed by atoms with Crippen LogP contribution in [0.4, 0.5) is 8.78 Å². The first-order valence-corrected chi connectivity index (χ1v) is 10.6. The molecule has 2 N–H and O–H groups in total. The minimum absolute atomic E-state index is 0.0752. The predicted octanol–water partition coefficient (Wildman–Crippen LogP) is 4.46. The SMILES string of the molecule is O=C(CCc1ccc(F)cc1)NCc1cccc(CNC(=O)CCc2ccc(F)cc2)c1. The molecule has 0 heterocycles. The van der Waals surface area contributed by atoms with Crippen LogP contribution >= 0.6 is 0 Å². The molecule has 2 amide bonds. The number of hydrogen-bond acceptors (Lipinski definition) is 2. The number of halogens is 2. The third-order valence-corrected chi connectivity index (χ3v) is 5.08. The Kier molecular flexibility index (Phi) is 8.49. The van der Waals surface area contributed by atoms with E-state index < -0.39 is 0 Å². The van der Waals surface area contributed by atoms with E-state index in [-0.39, 0.29) is 23.4 Å². The molecule has 0 bridgehead atoms. The zero-order chi connectivity index (χ0) is 22.8. The van der Waals surface area contributed by atoms with Crippen LogP contribution in [-0.2, 0) is 35.5 Å². The van der Waals surface area contributed by atoms with Gasteiger partial charge in [0.05, 0.1) is 0 Å². The number of carbonyl (C=O) groups excluding carboxylic acids is 2. The van der Waals surface area contributed by atoms with Gasteiger partial charge in [0.2, 0.25) is 11.8 Å². The molecule has 0 spiro atoms. The van der Waals surface area contributed by atoms with Crippen LogP contribution in [0, 0.1) is 11.6 Å². The van der Waals surface area contributed by atoms with Crippen molar-refractivity contribution in [2.24, 2.45) is 0 Å². The zero-order valence-electron chi connectivity index (χ0n) is 17.7. The van der Waals surface area contributed by atoms with Gasteiger partial charge >= 0.3 is 0 Å². The second-order valence-corrected chi connectivity index (χ2v) is 7.63. The molecule has 32 heavy (non-hydrogen) atoms. The number of nitrogens with one attached hydrogen (secondary N) is 2. The summed E-state index contributed by atoms with van der Waals surface area (Å²) in [6, 6.07) is 19.9. The van der Waals surface area contributed by atoms with Crippen LogP contribution in [0.5, 0.6) is 0 Å². The van der Waals surface area contributed by atoms with Crippen LogP contribution in [0.3, 0.4) is 0 Å². The molecule has 0 atom stereocenters. The first-order valence-electron chi connectivity index (χ1n) is 10.6. The van der Waals surface area contributed by atoms with Gasteiger partial charge < -0.3 is 10.6 Å². The average Bonchev–Trinajstić information content (AvgIpc) is 2.81. The maximum Gasteiger partial charge on any atom is 0.220 e. The average molecular weight is 437 g/mol. The highest BCUT2D eigenvalue weighted by Gasteiger charge is 2.06. The van der Waals surface area contributed by atoms with E-state index in [9.17, 15) is 18.4 Å². The molecule has 0 unspecified atom stereocenters. The summed E-state index contributed by atoms with van der Waals surface area (Å²) in [5, 5.41) is 5.78. The van der Waals surface area contributed by atoms with Crippen molar-refractivity contribution in [2.45, 2.75) is 38.8 Å². The highest BCUT2D eigenvalue weighted by atomic mass is 19.1. The fourth-order valence-corrected chi connectivity index (χ4v) is 3.25. The van der Waals surface area contributed by atoms with Crippen LogP contribution in [0.15, 0.2) is 72.8 Å². The molecule has 3 rings (SSSR count). The number of rotatable bonds is 10. The van der Waals surface area contributed by atoms with Crippen molar-refractivity contribution in [1.29, 1.82) is 0 Å². The van der Waals surface area contributed by atoms with E-state index >= 15 is 0 Å². The molecule has 4 nitrogen and oxygen atoms in total. The van der Waals surface area contributed by atoms with Crippen molar-refractivity contribution in [3.63, 3.8) is 0 Å². The number of aryl methyl sites for hydroxylation is 2. The van der Waals surface area contributed by atoms with E-state index in [0.717, 1.165) is 22.3 Å². The lowest BCUT2D eigenvalue weighted by Crippen LogP contribution is -2.24.